The van der Waals surface area contributed by atoms with E-state index < -0.39 is 0 Å². The number of nitriles is 1. The van der Waals surface area contributed by atoms with Crippen LogP contribution in [0.15, 0.2) is 47.1 Å². The van der Waals surface area contributed by atoms with Crippen LogP contribution in [-0.4, -0.2) is 54.5 Å². The second-order valence-corrected chi connectivity index (χ2v) is 6.84. The maximum atomic E-state index is 12.9. The molecule has 134 valence electrons. The molecule has 3 heterocycles. The highest BCUT2D eigenvalue weighted by Gasteiger charge is 2.37. The SMILES string of the molecule is N#Cc1ccc(N2CCC(N3CCN(Cc4ccco4)CC3)C2=O)cc1. The van der Waals surface area contributed by atoms with Crippen LogP contribution in [0, 0.1) is 11.3 Å². The van der Waals surface area contributed by atoms with Gasteiger partial charge in [-0.1, -0.05) is 0 Å². The minimum atomic E-state index is -0.0311. The van der Waals surface area contributed by atoms with Crippen LogP contribution in [0.3, 0.4) is 0 Å². The highest BCUT2D eigenvalue weighted by Crippen LogP contribution is 2.25. The summed E-state index contributed by atoms with van der Waals surface area (Å²) in [5, 5.41) is 8.91. The van der Waals surface area contributed by atoms with Crippen LogP contribution in [-0.2, 0) is 11.3 Å². The molecule has 0 bridgehead atoms. The van der Waals surface area contributed by atoms with Gasteiger partial charge in [-0.05, 0) is 42.8 Å². The van der Waals surface area contributed by atoms with E-state index in [9.17, 15) is 4.79 Å². The number of benzene rings is 1. The van der Waals surface area contributed by atoms with E-state index in [2.05, 4.69) is 15.9 Å². The number of nitrogens with zero attached hydrogens (tertiary/aromatic N) is 4. The number of amides is 1. The van der Waals surface area contributed by atoms with E-state index in [0.717, 1.165) is 57.1 Å². The summed E-state index contributed by atoms with van der Waals surface area (Å²) in [5.41, 5.74) is 1.50. The number of hydrogen-bond acceptors (Lipinski definition) is 5. The first-order valence-corrected chi connectivity index (χ1v) is 9.05. The lowest BCUT2D eigenvalue weighted by Gasteiger charge is -2.36. The Morgan fingerprint density at radius 3 is 2.50 bits per heavy atom. The third kappa shape index (κ3) is 3.36. The van der Waals surface area contributed by atoms with Crippen LogP contribution in [0.25, 0.3) is 0 Å². The van der Waals surface area contributed by atoms with E-state index in [1.165, 1.54) is 0 Å². The van der Waals surface area contributed by atoms with E-state index in [4.69, 9.17) is 9.68 Å². The smallest absolute Gasteiger partial charge is 0.244 e. The maximum Gasteiger partial charge on any atom is 0.244 e. The predicted molar refractivity (Wildman–Crippen MR) is 97.5 cm³/mol. The molecule has 26 heavy (non-hydrogen) atoms. The Morgan fingerprint density at radius 1 is 1.08 bits per heavy atom. The summed E-state index contributed by atoms with van der Waals surface area (Å²) in [7, 11) is 0. The topological polar surface area (TPSA) is 63.7 Å². The molecule has 1 aromatic carbocycles. The van der Waals surface area contributed by atoms with E-state index >= 15 is 0 Å². The maximum absolute atomic E-state index is 12.9. The molecule has 0 radical (unpaired) electrons. The van der Waals surface area contributed by atoms with Crippen LogP contribution in [0.1, 0.15) is 17.7 Å². The lowest BCUT2D eigenvalue weighted by Crippen LogP contribution is -2.52. The Bertz CT molecular complexity index is 786. The van der Waals surface area contributed by atoms with Crippen molar-refractivity contribution in [2.45, 2.75) is 19.0 Å². The molecule has 2 aliphatic heterocycles. The molecule has 1 unspecified atom stereocenters. The molecule has 4 rings (SSSR count). The first kappa shape index (κ1) is 16.8. The van der Waals surface area contributed by atoms with Crippen LogP contribution in [0.5, 0.6) is 0 Å². The fourth-order valence-corrected chi connectivity index (χ4v) is 3.83. The van der Waals surface area contributed by atoms with E-state index in [0.29, 0.717) is 5.56 Å². The average Bonchev–Trinajstić information content (AvgIpc) is 3.32. The van der Waals surface area contributed by atoms with Crippen molar-refractivity contribution in [3.63, 3.8) is 0 Å². The fourth-order valence-electron chi connectivity index (χ4n) is 3.83. The minimum absolute atomic E-state index is 0.0311. The zero-order valence-corrected chi connectivity index (χ0v) is 14.7. The summed E-state index contributed by atoms with van der Waals surface area (Å²) in [5.74, 6) is 1.16. The van der Waals surface area contributed by atoms with Crippen molar-refractivity contribution >= 4 is 11.6 Å². The van der Waals surface area contributed by atoms with Gasteiger partial charge in [0.2, 0.25) is 5.91 Å². The normalized spacial score (nSPS) is 21.9. The van der Waals surface area contributed by atoms with Gasteiger partial charge >= 0.3 is 0 Å². The van der Waals surface area contributed by atoms with Crippen molar-refractivity contribution in [1.29, 1.82) is 5.26 Å². The Morgan fingerprint density at radius 2 is 1.85 bits per heavy atom. The highest BCUT2D eigenvalue weighted by molar-refractivity contribution is 5.99. The molecule has 6 heteroatoms. The summed E-state index contributed by atoms with van der Waals surface area (Å²) in [6, 6.07) is 13.3. The van der Waals surface area contributed by atoms with Gasteiger partial charge in [-0.25, -0.2) is 0 Å². The number of carbonyl (C=O) groups excluding carboxylic acids is 1. The molecule has 2 fully saturated rings. The number of furan rings is 1. The largest absolute Gasteiger partial charge is 0.468 e. The van der Waals surface area contributed by atoms with Crippen LogP contribution in [0.4, 0.5) is 5.69 Å². The number of rotatable bonds is 4. The van der Waals surface area contributed by atoms with Crippen molar-refractivity contribution in [2.24, 2.45) is 0 Å². The number of hydrogen-bond donors (Lipinski definition) is 0. The predicted octanol–water partition coefficient (Wildman–Crippen LogP) is 2.07. The molecule has 2 aliphatic rings. The monoisotopic (exact) mass is 350 g/mol. The third-order valence-electron chi connectivity index (χ3n) is 5.29. The summed E-state index contributed by atoms with van der Waals surface area (Å²) in [6.45, 7) is 5.26. The van der Waals surface area contributed by atoms with Gasteiger partial charge in [0.05, 0.1) is 30.5 Å². The quantitative estimate of drug-likeness (QED) is 0.845. The van der Waals surface area contributed by atoms with Crippen LogP contribution in [0.2, 0.25) is 0 Å². The van der Waals surface area contributed by atoms with Gasteiger partial charge in [-0.2, -0.15) is 5.26 Å². The number of piperazine rings is 1. The molecule has 1 atom stereocenters. The second kappa shape index (κ2) is 7.32. The van der Waals surface area contributed by atoms with E-state index in [1.54, 1.807) is 18.4 Å². The summed E-state index contributed by atoms with van der Waals surface area (Å²) in [6.07, 6.45) is 2.57. The molecule has 1 aromatic heterocycles. The molecule has 6 nitrogen and oxygen atoms in total. The Hall–Kier alpha value is -2.62. The molecule has 0 spiro atoms. The van der Waals surface area contributed by atoms with Crippen molar-refractivity contribution < 1.29 is 9.21 Å². The van der Waals surface area contributed by atoms with Gasteiger partial charge in [-0.3, -0.25) is 14.6 Å². The first-order valence-electron chi connectivity index (χ1n) is 9.05. The lowest BCUT2D eigenvalue weighted by molar-refractivity contribution is -0.122. The second-order valence-electron chi connectivity index (χ2n) is 6.84. The van der Waals surface area contributed by atoms with Gasteiger partial charge in [0.1, 0.15) is 5.76 Å². The van der Waals surface area contributed by atoms with Gasteiger partial charge in [0, 0.05) is 38.4 Å². The van der Waals surface area contributed by atoms with E-state index in [-0.39, 0.29) is 11.9 Å². The molecular weight excluding hydrogens is 328 g/mol. The van der Waals surface area contributed by atoms with Crippen molar-refractivity contribution in [3.8, 4) is 6.07 Å². The average molecular weight is 350 g/mol. The number of anilines is 1. The zero-order chi connectivity index (χ0) is 17.9. The highest BCUT2D eigenvalue weighted by atomic mass is 16.3. The van der Waals surface area contributed by atoms with Crippen LogP contribution < -0.4 is 4.90 Å². The molecule has 0 saturated carbocycles. The standard InChI is InChI=1S/C20H22N4O2/c21-14-16-3-5-17(6-4-16)24-8-7-19(20(24)25)23-11-9-22(10-12-23)15-18-2-1-13-26-18/h1-6,13,19H,7-12,15H2. The Labute approximate surface area is 153 Å². The van der Waals surface area contributed by atoms with Crippen molar-refractivity contribution in [3.05, 3.63) is 54.0 Å². The van der Waals surface area contributed by atoms with Crippen molar-refractivity contribution in [2.75, 3.05) is 37.6 Å². The lowest BCUT2D eigenvalue weighted by atomic mass is 10.1. The molecule has 0 aliphatic carbocycles. The van der Waals surface area contributed by atoms with Crippen LogP contribution >= 0.6 is 0 Å². The Balaban J connectivity index is 1.34. The fraction of sp³-hybridized carbons (Fsp3) is 0.400. The zero-order valence-electron chi connectivity index (χ0n) is 14.7. The van der Waals surface area contributed by atoms with Crippen molar-refractivity contribution in [1.82, 2.24) is 9.80 Å². The minimum Gasteiger partial charge on any atom is -0.468 e. The first-order chi connectivity index (χ1) is 12.7. The van der Waals surface area contributed by atoms with Gasteiger partial charge < -0.3 is 9.32 Å². The molecule has 1 amide bonds. The van der Waals surface area contributed by atoms with Gasteiger partial charge in [0.15, 0.2) is 0 Å². The van der Waals surface area contributed by atoms with Gasteiger partial charge in [-0.15, -0.1) is 0 Å². The molecular formula is C20H22N4O2. The van der Waals surface area contributed by atoms with Gasteiger partial charge in [0.25, 0.3) is 0 Å². The summed E-state index contributed by atoms with van der Waals surface area (Å²) in [4.78, 5) is 19.4. The Kier molecular flexibility index (Phi) is 4.74. The van der Waals surface area contributed by atoms with E-state index in [1.807, 2.05) is 29.2 Å². The third-order valence-corrected chi connectivity index (χ3v) is 5.29. The molecule has 0 N–H and O–H groups in total. The molecule has 2 saturated heterocycles. The molecule has 2 aromatic rings. The number of carbonyl (C=O) groups is 1. The summed E-state index contributed by atoms with van der Waals surface area (Å²) < 4.78 is 5.42. The summed E-state index contributed by atoms with van der Waals surface area (Å²) >= 11 is 0.